The zero-order valence-corrected chi connectivity index (χ0v) is 10.6. The molecule has 17 heavy (non-hydrogen) atoms. The van der Waals surface area contributed by atoms with Crippen molar-refractivity contribution in [2.75, 3.05) is 44.4 Å². The van der Waals surface area contributed by atoms with Crippen LogP contribution in [0.2, 0.25) is 0 Å². The summed E-state index contributed by atoms with van der Waals surface area (Å²) in [5.74, 6) is 2.33. The first kappa shape index (κ1) is 12.1. The van der Waals surface area contributed by atoms with E-state index in [0.29, 0.717) is 5.95 Å². The second-order valence-electron chi connectivity index (χ2n) is 4.64. The lowest BCUT2D eigenvalue weighted by Crippen LogP contribution is -2.33. The molecule has 2 N–H and O–H groups in total. The Morgan fingerprint density at radius 3 is 2.88 bits per heavy atom. The molecular weight excluding hydrogens is 214 g/mol. The SMILES string of the molecule is CNc1nccc(NCC2CCN(C)CC2)n1. The highest BCUT2D eigenvalue weighted by atomic mass is 15.1. The first-order valence-electron chi connectivity index (χ1n) is 6.21. The number of anilines is 2. The van der Waals surface area contributed by atoms with Crippen LogP contribution < -0.4 is 10.6 Å². The Labute approximate surface area is 103 Å². The Bertz CT molecular complexity index is 347. The standard InChI is InChI=1S/C12H21N5/c1-13-12-14-6-3-11(16-12)15-9-10-4-7-17(2)8-5-10/h3,6,10H,4-5,7-9H2,1-2H3,(H2,13,14,15,16). The number of likely N-dealkylation sites (tertiary alicyclic amines) is 1. The van der Waals surface area contributed by atoms with Crippen molar-refractivity contribution in [1.82, 2.24) is 14.9 Å². The lowest BCUT2D eigenvalue weighted by atomic mass is 9.97. The monoisotopic (exact) mass is 235 g/mol. The minimum Gasteiger partial charge on any atom is -0.370 e. The topological polar surface area (TPSA) is 53.1 Å². The van der Waals surface area contributed by atoms with Gasteiger partial charge in [-0.05, 0) is 45.0 Å². The maximum absolute atomic E-state index is 4.35. The summed E-state index contributed by atoms with van der Waals surface area (Å²) in [5.41, 5.74) is 0. The van der Waals surface area contributed by atoms with E-state index in [1.165, 1.54) is 25.9 Å². The molecule has 1 aliphatic heterocycles. The van der Waals surface area contributed by atoms with Crippen molar-refractivity contribution in [2.24, 2.45) is 5.92 Å². The van der Waals surface area contributed by atoms with Crippen molar-refractivity contribution >= 4 is 11.8 Å². The third-order valence-electron chi connectivity index (χ3n) is 3.29. The molecule has 1 aromatic heterocycles. The van der Waals surface area contributed by atoms with E-state index in [9.17, 15) is 0 Å². The molecule has 0 amide bonds. The molecule has 2 rings (SSSR count). The van der Waals surface area contributed by atoms with Crippen molar-refractivity contribution in [3.63, 3.8) is 0 Å². The fourth-order valence-corrected chi connectivity index (χ4v) is 2.09. The predicted octanol–water partition coefficient (Wildman–Crippen LogP) is 1.27. The van der Waals surface area contributed by atoms with Gasteiger partial charge in [-0.2, -0.15) is 4.98 Å². The van der Waals surface area contributed by atoms with E-state index in [1.54, 1.807) is 6.20 Å². The fourth-order valence-electron chi connectivity index (χ4n) is 2.09. The van der Waals surface area contributed by atoms with Gasteiger partial charge in [-0.25, -0.2) is 4.98 Å². The third kappa shape index (κ3) is 3.56. The molecule has 0 aromatic carbocycles. The highest BCUT2D eigenvalue weighted by Gasteiger charge is 2.16. The smallest absolute Gasteiger partial charge is 0.224 e. The first-order chi connectivity index (χ1) is 8.28. The fraction of sp³-hybridized carbons (Fsp3) is 0.667. The molecule has 2 heterocycles. The second kappa shape index (κ2) is 5.82. The Morgan fingerprint density at radius 1 is 1.41 bits per heavy atom. The lowest BCUT2D eigenvalue weighted by molar-refractivity contribution is 0.226. The van der Waals surface area contributed by atoms with Crippen molar-refractivity contribution in [3.05, 3.63) is 12.3 Å². The van der Waals surface area contributed by atoms with E-state index in [4.69, 9.17) is 0 Å². The molecule has 0 atom stereocenters. The zero-order valence-electron chi connectivity index (χ0n) is 10.6. The van der Waals surface area contributed by atoms with Gasteiger partial charge in [0.05, 0.1) is 0 Å². The number of hydrogen-bond acceptors (Lipinski definition) is 5. The maximum Gasteiger partial charge on any atom is 0.224 e. The number of hydrogen-bond donors (Lipinski definition) is 2. The van der Waals surface area contributed by atoms with Gasteiger partial charge in [-0.3, -0.25) is 0 Å². The van der Waals surface area contributed by atoms with Crippen LogP contribution >= 0.6 is 0 Å². The number of rotatable bonds is 4. The lowest BCUT2D eigenvalue weighted by Gasteiger charge is -2.29. The van der Waals surface area contributed by atoms with Crippen molar-refractivity contribution < 1.29 is 0 Å². The molecule has 5 heteroatoms. The average Bonchev–Trinajstić information content (AvgIpc) is 2.38. The van der Waals surface area contributed by atoms with E-state index >= 15 is 0 Å². The Balaban J connectivity index is 1.81. The van der Waals surface area contributed by atoms with Gasteiger partial charge in [0, 0.05) is 19.8 Å². The van der Waals surface area contributed by atoms with E-state index in [0.717, 1.165) is 18.3 Å². The summed E-state index contributed by atoms with van der Waals surface area (Å²) in [4.78, 5) is 10.8. The molecule has 0 radical (unpaired) electrons. The van der Waals surface area contributed by atoms with Crippen molar-refractivity contribution in [3.8, 4) is 0 Å². The summed E-state index contributed by atoms with van der Waals surface area (Å²) in [6.07, 6.45) is 4.32. The third-order valence-corrected chi connectivity index (χ3v) is 3.29. The van der Waals surface area contributed by atoms with Crippen molar-refractivity contribution in [2.45, 2.75) is 12.8 Å². The van der Waals surface area contributed by atoms with Gasteiger partial charge in [0.15, 0.2) is 0 Å². The highest BCUT2D eigenvalue weighted by molar-refractivity contribution is 5.39. The van der Waals surface area contributed by atoms with Gasteiger partial charge < -0.3 is 15.5 Å². The van der Waals surface area contributed by atoms with E-state index < -0.39 is 0 Å². The van der Waals surface area contributed by atoms with E-state index in [2.05, 4.69) is 32.5 Å². The van der Waals surface area contributed by atoms with Gasteiger partial charge >= 0.3 is 0 Å². The molecule has 0 saturated carbocycles. The van der Waals surface area contributed by atoms with Gasteiger partial charge in [-0.1, -0.05) is 0 Å². The first-order valence-corrected chi connectivity index (χ1v) is 6.21. The van der Waals surface area contributed by atoms with Gasteiger partial charge in [0.25, 0.3) is 0 Å². The van der Waals surface area contributed by atoms with Crippen LogP contribution in [0.5, 0.6) is 0 Å². The zero-order chi connectivity index (χ0) is 12.1. The predicted molar refractivity (Wildman–Crippen MR) is 70.3 cm³/mol. The summed E-state index contributed by atoms with van der Waals surface area (Å²) >= 11 is 0. The largest absolute Gasteiger partial charge is 0.370 e. The normalized spacial score (nSPS) is 18.0. The number of aromatic nitrogens is 2. The number of piperidine rings is 1. The molecule has 1 aliphatic rings. The minimum atomic E-state index is 0.665. The van der Waals surface area contributed by atoms with Crippen molar-refractivity contribution in [1.29, 1.82) is 0 Å². The minimum absolute atomic E-state index is 0.665. The Kier molecular flexibility index (Phi) is 4.14. The van der Waals surface area contributed by atoms with E-state index in [1.807, 2.05) is 13.1 Å². The Morgan fingerprint density at radius 2 is 2.18 bits per heavy atom. The van der Waals surface area contributed by atoms with Crippen LogP contribution in [-0.2, 0) is 0 Å². The van der Waals surface area contributed by atoms with Crippen LogP contribution in [0.4, 0.5) is 11.8 Å². The highest BCUT2D eigenvalue weighted by Crippen LogP contribution is 2.16. The molecular formula is C12H21N5. The van der Waals surface area contributed by atoms with Crippen LogP contribution in [-0.4, -0.2) is 48.6 Å². The average molecular weight is 235 g/mol. The van der Waals surface area contributed by atoms with Crippen LogP contribution in [0.1, 0.15) is 12.8 Å². The summed E-state index contributed by atoms with van der Waals surface area (Å²) in [5, 5.41) is 6.34. The number of nitrogens with one attached hydrogen (secondary N) is 2. The molecule has 94 valence electrons. The second-order valence-corrected chi connectivity index (χ2v) is 4.64. The molecule has 0 bridgehead atoms. The maximum atomic E-state index is 4.35. The molecule has 1 fully saturated rings. The molecule has 1 saturated heterocycles. The summed E-state index contributed by atoms with van der Waals surface area (Å²) in [6.45, 7) is 3.42. The number of nitrogens with zero attached hydrogens (tertiary/aromatic N) is 3. The summed E-state index contributed by atoms with van der Waals surface area (Å²) < 4.78 is 0. The quantitative estimate of drug-likeness (QED) is 0.823. The van der Waals surface area contributed by atoms with Crippen LogP contribution in [0.15, 0.2) is 12.3 Å². The summed E-state index contributed by atoms with van der Waals surface area (Å²) in [6, 6.07) is 1.91. The van der Waals surface area contributed by atoms with Crippen LogP contribution in [0.25, 0.3) is 0 Å². The molecule has 0 aliphatic carbocycles. The van der Waals surface area contributed by atoms with Gasteiger partial charge in [-0.15, -0.1) is 0 Å². The van der Waals surface area contributed by atoms with Gasteiger partial charge in [0.1, 0.15) is 5.82 Å². The molecule has 5 nitrogen and oxygen atoms in total. The van der Waals surface area contributed by atoms with Gasteiger partial charge in [0.2, 0.25) is 5.95 Å². The Hall–Kier alpha value is -1.36. The van der Waals surface area contributed by atoms with Crippen LogP contribution in [0, 0.1) is 5.92 Å². The summed E-state index contributed by atoms with van der Waals surface area (Å²) in [7, 11) is 4.02. The molecule has 1 aromatic rings. The van der Waals surface area contributed by atoms with E-state index in [-0.39, 0.29) is 0 Å². The van der Waals surface area contributed by atoms with Crippen LogP contribution in [0.3, 0.4) is 0 Å². The molecule has 0 spiro atoms. The molecule has 0 unspecified atom stereocenters.